The van der Waals surface area contributed by atoms with E-state index in [0.29, 0.717) is 19.6 Å². The lowest BCUT2D eigenvalue weighted by Gasteiger charge is -2.27. The van der Waals surface area contributed by atoms with Gasteiger partial charge < -0.3 is 4.42 Å². The molecular formula is C16H27N3O3S. The van der Waals surface area contributed by atoms with Crippen molar-refractivity contribution in [2.24, 2.45) is 0 Å². The minimum Gasteiger partial charge on any atom is -0.468 e. The summed E-state index contributed by atoms with van der Waals surface area (Å²) < 4.78 is 35.2. The van der Waals surface area contributed by atoms with E-state index in [4.69, 9.17) is 4.42 Å². The Balaban J connectivity index is 1.65. The van der Waals surface area contributed by atoms with Gasteiger partial charge in [0.25, 0.3) is 10.2 Å². The fourth-order valence-corrected chi connectivity index (χ4v) is 4.79. The summed E-state index contributed by atoms with van der Waals surface area (Å²) in [4.78, 5) is 2.31. The molecule has 7 heteroatoms. The molecule has 1 atom stereocenters. The molecule has 3 heterocycles. The van der Waals surface area contributed by atoms with Gasteiger partial charge in [0.15, 0.2) is 0 Å². The van der Waals surface area contributed by atoms with E-state index in [2.05, 4.69) is 9.62 Å². The number of furan rings is 1. The van der Waals surface area contributed by atoms with Crippen molar-refractivity contribution in [2.75, 3.05) is 32.7 Å². The quantitative estimate of drug-likeness (QED) is 0.861. The topological polar surface area (TPSA) is 65.8 Å². The highest BCUT2D eigenvalue weighted by Gasteiger charge is 2.29. The minimum atomic E-state index is -3.41. The predicted molar refractivity (Wildman–Crippen MR) is 89.2 cm³/mol. The Morgan fingerprint density at radius 2 is 1.70 bits per heavy atom. The smallest absolute Gasteiger partial charge is 0.279 e. The van der Waals surface area contributed by atoms with Gasteiger partial charge in [0.1, 0.15) is 5.76 Å². The molecule has 1 aromatic heterocycles. The molecule has 0 saturated carbocycles. The zero-order valence-electron chi connectivity index (χ0n) is 13.6. The van der Waals surface area contributed by atoms with Crippen molar-refractivity contribution in [1.82, 2.24) is 13.9 Å². The number of nitrogens with one attached hydrogen (secondary N) is 1. The Kier molecular flexibility index (Phi) is 5.74. The highest BCUT2D eigenvalue weighted by Crippen LogP contribution is 2.25. The van der Waals surface area contributed by atoms with Crippen molar-refractivity contribution in [2.45, 2.75) is 44.6 Å². The molecular weight excluding hydrogens is 314 g/mol. The van der Waals surface area contributed by atoms with E-state index >= 15 is 0 Å². The SMILES string of the molecule is O=S(=O)(NC[C@@H](c1ccco1)N1CCCC1)N1CCCCCC1. The van der Waals surface area contributed by atoms with E-state index in [1.54, 1.807) is 10.6 Å². The second kappa shape index (κ2) is 7.79. The van der Waals surface area contributed by atoms with E-state index in [9.17, 15) is 8.42 Å². The second-order valence-corrected chi connectivity index (χ2v) is 8.20. The van der Waals surface area contributed by atoms with Crippen LogP contribution in [-0.2, 0) is 10.2 Å². The third kappa shape index (κ3) is 4.35. The van der Waals surface area contributed by atoms with Gasteiger partial charge in [-0.1, -0.05) is 12.8 Å². The molecule has 0 aliphatic carbocycles. The molecule has 0 unspecified atom stereocenters. The van der Waals surface area contributed by atoms with Crippen LogP contribution >= 0.6 is 0 Å². The summed E-state index contributed by atoms with van der Waals surface area (Å²) in [5.74, 6) is 0.838. The number of likely N-dealkylation sites (tertiary alicyclic amines) is 1. The molecule has 1 aromatic rings. The van der Waals surface area contributed by atoms with Gasteiger partial charge in [0.2, 0.25) is 0 Å². The highest BCUT2D eigenvalue weighted by molar-refractivity contribution is 7.87. The number of hydrogen-bond acceptors (Lipinski definition) is 4. The molecule has 0 aromatic carbocycles. The first-order valence-corrected chi connectivity index (χ1v) is 10.1. The van der Waals surface area contributed by atoms with E-state index in [1.165, 1.54) is 0 Å². The molecule has 0 amide bonds. The maximum absolute atomic E-state index is 12.6. The van der Waals surface area contributed by atoms with Crippen molar-refractivity contribution in [3.63, 3.8) is 0 Å². The summed E-state index contributed by atoms with van der Waals surface area (Å²) in [6.07, 6.45) is 8.13. The second-order valence-electron chi connectivity index (χ2n) is 6.44. The molecule has 2 fully saturated rings. The number of hydrogen-bond donors (Lipinski definition) is 1. The van der Waals surface area contributed by atoms with Crippen LogP contribution in [0.3, 0.4) is 0 Å². The Hall–Kier alpha value is -0.890. The van der Waals surface area contributed by atoms with Crippen LogP contribution < -0.4 is 4.72 Å². The van der Waals surface area contributed by atoms with Gasteiger partial charge in [-0.3, -0.25) is 4.90 Å². The first-order valence-electron chi connectivity index (χ1n) is 8.69. The predicted octanol–water partition coefficient (Wildman–Crippen LogP) is 2.13. The fourth-order valence-electron chi connectivity index (χ4n) is 3.50. The summed E-state index contributed by atoms with van der Waals surface area (Å²) >= 11 is 0. The first kappa shape index (κ1) is 17.0. The van der Waals surface area contributed by atoms with Gasteiger partial charge >= 0.3 is 0 Å². The van der Waals surface area contributed by atoms with Crippen LogP contribution in [0.2, 0.25) is 0 Å². The molecule has 0 spiro atoms. The average molecular weight is 341 g/mol. The van der Waals surface area contributed by atoms with E-state index < -0.39 is 10.2 Å². The van der Waals surface area contributed by atoms with Crippen LogP contribution in [0.5, 0.6) is 0 Å². The summed E-state index contributed by atoms with van der Waals surface area (Å²) in [5.41, 5.74) is 0. The normalized spacial score (nSPS) is 23.0. The Bertz CT molecular complexity index is 559. The highest BCUT2D eigenvalue weighted by atomic mass is 32.2. The molecule has 2 saturated heterocycles. The Morgan fingerprint density at radius 3 is 2.30 bits per heavy atom. The third-order valence-corrected chi connectivity index (χ3v) is 6.39. The van der Waals surface area contributed by atoms with Crippen molar-refractivity contribution in [3.8, 4) is 0 Å². The molecule has 130 valence electrons. The van der Waals surface area contributed by atoms with Crippen molar-refractivity contribution < 1.29 is 12.8 Å². The van der Waals surface area contributed by atoms with Crippen molar-refractivity contribution >= 4 is 10.2 Å². The van der Waals surface area contributed by atoms with Crippen LogP contribution in [0.15, 0.2) is 22.8 Å². The van der Waals surface area contributed by atoms with Gasteiger partial charge in [-0.25, -0.2) is 4.72 Å². The monoisotopic (exact) mass is 341 g/mol. The van der Waals surface area contributed by atoms with Crippen LogP contribution in [-0.4, -0.2) is 50.3 Å². The largest absolute Gasteiger partial charge is 0.468 e. The fraction of sp³-hybridized carbons (Fsp3) is 0.750. The van der Waals surface area contributed by atoms with Gasteiger partial charge in [-0.15, -0.1) is 0 Å². The Morgan fingerprint density at radius 1 is 1.04 bits per heavy atom. The lowest BCUT2D eigenvalue weighted by molar-refractivity contribution is 0.215. The van der Waals surface area contributed by atoms with E-state index in [1.807, 2.05) is 12.1 Å². The van der Waals surface area contributed by atoms with Gasteiger partial charge in [0, 0.05) is 19.6 Å². The molecule has 23 heavy (non-hydrogen) atoms. The summed E-state index contributed by atoms with van der Waals surface area (Å²) in [6, 6.07) is 3.78. The molecule has 2 aliphatic heterocycles. The molecule has 1 N–H and O–H groups in total. The average Bonchev–Trinajstić information content (AvgIpc) is 3.17. The maximum atomic E-state index is 12.6. The van der Waals surface area contributed by atoms with Gasteiger partial charge in [-0.05, 0) is 50.9 Å². The number of nitrogens with zero attached hydrogens (tertiary/aromatic N) is 2. The molecule has 3 rings (SSSR count). The lowest BCUT2D eigenvalue weighted by atomic mass is 10.2. The van der Waals surface area contributed by atoms with E-state index in [-0.39, 0.29) is 6.04 Å². The van der Waals surface area contributed by atoms with Crippen LogP contribution in [0.25, 0.3) is 0 Å². The molecule has 0 radical (unpaired) electrons. The first-order chi connectivity index (χ1) is 11.2. The van der Waals surface area contributed by atoms with Crippen molar-refractivity contribution in [1.29, 1.82) is 0 Å². The van der Waals surface area contributed by atoms with Crippen molar-refractivity contribution in [3.05, 3.63) is 24.2 Å². The summed E-state index contributed by atoms with van der Waals surface area (Å²) in [7, 11) is -3.41. The molecule has 0 bridgehead atoms. The number of rotatable bonds is 6. The van der Waals surface area contributed by atoms with E-state index in [0.717, 1.165) is 57.4 Å². The standard InChI is InChI=1S/C16H27N3O3S/c20-23(21,19-11-3-1-2-4-12-19)17-14-15(16-8-7-13-22-16)18-9-5-6-10-18/h7-8,13,15,17H,1-6,9-12,14H2/t15-/m0/s1. The van der Waals surface area contributed by atoms with Gasteiger partial charge in [0.05, 0.1) is 12.3 Å². The summed E-state index contributed by atoms with van der Waals surface area (Å²) in [6.45, 7) is 3.62. The summed E-state index contributed by atoms with van der Waals surface area (Å²) in [5, 5.41) is 0. The Labute approximate surface area is 139 Å². The minimum absolute atomic E-state index is 0.0192. The zero-order chi connectivity index (χ0) is 16.1. The third-order valence-electron chi connectivity index (χ3n) is 4.82. The molecule has 2 aliphatic rings. The van der Waals surface area contributed by atoms with Gasteiger partial charge in [-0.2, -0.15) is 12.7 Å². The maximum Gasteiger partial charge on any atom is 0.279 e. The van der Waals surface area contributed by atoms with Crippen LogP contribution in [0, 0.1) is 0 Å². The zero-order valence-corrected chi connectivity index (χ0v) is 14.4. The van der Waals surface area contributed by atoms with Crippen LogP contribution in [0.1, 0.15) is 50.3 Å². The lowest BCUT2D eigenvalue weighted by Crippen LogP contribution is -2.44. The molecule has 6 nitrogen and oxygen atoms in total. The van der Waals surface area contributed by atoms with Crippen LogP contribution in [0.4, 0.5) is 0 Å².